The second kappa shape index (κ2) is 9.98. The maximum atomic E-state index is 12.5. The summed E-state index contributed by atoms with van der Waals surface area (Å²) in [6.07, 6.45) is 3.06. The molecule has 3 rings (SSSR count). The molecule has 0 atom stereocenters. The average molecular weight is 414 g/mol. The summed E-state index contributed by atoms with van der Waals surface area (Å²) < 4.78 is 4.85. The number of carbonyl (C=O) groups is 2. The first-order valence-electron chi connectivity index (χ1n) is 9.56. The predicted molar refractivity (Wildman–Crippen MR) is 116 cm³/mol. The fourth-order valence-corrected chi connectivity index (χ4v) is 3.26. The SMILES string of the molecule is CCOC(=O)C=Cc1ccc(NC(=O)N2CCN(c3cccc(Cl)c3)CC2)cc1. The lowest BCUT2D eigenvalue weighted by Crippen LogP contribution is -2.50. The zero-order valence-corrected chi connectivity index (χ0v) is 17.1. The average Bonchev–Trinajstić information content (AvgIpc) is 2.73. The van der Waals surface area contributed by atoms with Crippen molar-refractivity contribution in [2.75, 3.05) is 43.0 Å². The number of halogens is 1. The molecule has 0 bridgehead atoms. The van der Waals surface area contributed by atoms with Crippen molar-refractivity contribution in [3.63, 3.8) is 0 Å². The minimum absolute atomic E-state index is 0.120. The van der Waals surface area contributed by atoms with Crippen LogP contribution in [0.15, 0.2) is 54.6 Å². The van der Waals surface area contributed by atoms with E-state index >= 15 is 0 Å². The smallest absolute Gasteiger partial charge is 0.330 e. The summed E-state index contributed by atoms with van der Waals surface area (Å²) >= 11 is 6.07. The molecule has 0 unspecified atom stereocenters. The third kappa shape index (κ3) is 5.99. The van der Waals surface area contributed by atoms with E-state index in [1.807, 2.05) is 48.5 Å². The van der Waals surface area contributed by atoms with Crippen LogP contribution in [0.5, 0.6) is 0 Å². The Morgan fingerprint density at radius 2 is 1.83 bits per heavy atom. The van der Waals surface area contributed by atoms with Gasteiger partial charge < -0.3 is 19.9 Å². The summed E-state index contributed by atoms with van der Waals surface area (Å²) in [4.78, 5) is 27.9. The van der Waals surface area contributed by atoms with E-state index in [0.29, 0.717) is 30.4 Å². The zero-order valence-electron chi connectivity index (χ0n) is 16.3. The second-order valence-electron chi connectivity index (χ2n) is 6.59. The van der Waals surface area contributed by atoms with Gasteiger partial charge in [-0.1, -0.05) is 29.8 Å². The lowest BCUT2D eigenvalue weighted by molar-refractivity contribution is -0.137. The number of anilines is 2. The molecule has 0 aliphatic carbocycles. The van der Waals surface area contributed by atoms with Crippen molar-refractivity contribution in [2.45, 2.75) is 6.92 Å². The van der Waals surface area contributed by atoms with Gasteiger partial charge in [-0.15, -0.1) is 0 Å². The van der Waals surface area contributed by atoms with Crippen LogP contribution in [-0.4, -0.2) is 49.7 Å². The minimum Gasteiger partial charge on any atom is -0.463 e. The number of nitrogens with zero attached hydrogens (tertiary/aromatic N) is 2. The normalized spacial score (nSPS) is 14.1. The first-order chi connectivity index (χ1) is 14.0. The predicted octanol–water partition coefficient (Wildman–Crippen LogP) is 4.27. The van der Waals surface area contributed by atoms with Gasteiger partial charge in [-0.3, -0.25) is 0 Å². The van der Waals surface area contributed by atoms with Crippen molar-refractivity contribution in [1.82, 2.24) is 4.90 Å². The highest BCUT2D eigenvalue weighted by molar-refractivity contribution is 6.30. The summed E-state index contributed by atoms with van der Waals surface area (Å²) in [5, 5.41) is 3.63. The number of carbonyl (C=O) groups excluding carboxylic acids is 2. The quantitative estimate of drug-likeness (QED) is 0.587. The first kappa shape index (κ1) is 20.7. The third-order valence-corrected chi connectivity index (χ3v) is 4.84. The molecular weight excluding hydrogens is 390 g/mol. The molecule has 0 spiro atoms. The number of amides is 2. The van der Waals surface area contributed by atoms with E-state index in [1.165, 1.54) is 6.08 Å². The molecule has 0 radical (unpaired) electrons. The number of ether oxygens (including phenoxy) is 1. The topological polar surface area (TPSA) is 61.9 Å². The van der Waals surface area contributed by atoms with E-state index in [0.717, 1.165) is 24.3 Å². The number of hydrogen-bond acceptors (Lipinski definition) is 4. The van der Waals surface area contributed by atoms with Crippen molar-refractivity contribution >= 4 is 41.1 Å². The van der Waals surface area contributed by atoms with Crippen LogP contribution in [0.25, 0.3) is 6.08 Å². The molecule has 29 heavy (non-hydrogen) atoms. The molecule has 152 valence electrons. The molecule has 1 aliphatic rings. The largest absolute Gasteiger partial charge is 0.463 e. The highest BCUT2D eigenvalue weighted by Gasteiger charge is 2.21. The van der Waals surface area contributed by atoms with Gasteiger partial charge >= 0.3 is 12.0 Å². The minimum atomic E-state index is -0.373. The Kier molecular flexibility index (Phi) is 7.14. The van der Waals surface area contributed by atoms with Crippen LogP contribution in [0.1, 0.15) is 12.5 Å². The Hall–Kier alpha value is -2.99. The summed E-state index contributed by atoms with van der Waals surface area (Å²) in [5.41, 5.74) is 2.63. The molecule has 1 saturated heterocycles. The second-order valence-corrected chi connectivity index (χ2v) is 7.03. The van der Waals surface area contributed by atoms with Crippen molar-refractivity contribution < 1.29 is 14.3 Å². The fourth-order valence-electron chi connectivity index (χ4n) is 3.08. The molecule has 2 amide bonds. The van der Waals surface area contributed by atoms with Gasteiger partial charge in [-0.25, -0.2) is 9.59 Å². The lowest BCUT2D eigenvalue weighted by Gasteiger charge is -2.36. The van der Waals surface area contributed by atoms with E-state index in [4.69, 9.17) is 16.3 Å². The van der Waals surface area contributed by atoms with Crippen LogP contribution in [0.3, 0.4) is 0 Å². The first-order valence-corrected chi connectivity index (χ1v) is 9.94. The van der Waals surface area contributed by atoms with Crippen LogP contribution in [-0.2, 0) is 9.53 Å². The lowest BCUT2D eigenvalue weighted by atomic mass is 10.2. The molecular formula is C22H24ClN3O3. The Morgan fingerprint density at radius 1 is 1.10 bits per heavy atom. The maximum Gasteiger partial charge on any atom is 0.330 e. The summed E-state index contributed by atoms with van der Waals surface area (Å²) in [6, 6.07) is 14.9. The van der Waals surface area contributed by atoms with Gasteiger partial charge in [0.2, 0.25) is 0 Å². The number of esters is 1. The molecule has 2 aromatic carbocycles. The number of hydrogen-bond donors (Lipinski definition) is 1. The van der Waals surface area contributed by atoms with E-state index in [2.05, 4.69) is 10.2 Å². The van der Waals surface area contributed by atoms with Gasteiger partial charge in [-0.2, -0.15) is 0 Å². The van der Waals surface area contributed by atoms with Gasteiger partial charge in [0.15, 0.2) is 0 Å². The number of nitrogens with one attached hydrogen (secondary N) is 1. The van der Waals surface area contributed by atoms with E-state index in [-0.39, 0.29) is 12.0 Å². The maximum absolute atomic E-state index is 12.5. The van der Waals surface area contributed by atoms with Crippen LogP contribution in [0.4, 0.5) is 16.2 Å². The van der Waals surface area contributed by atoms with Gasteiger partial charge in [0.1, 0.15) is 0 Å². The summed E-state index contributed by atoms with van der Waals surface area (Å²) in [6.45, 7) is 4.90. The monoisotopic (exact) mass is 413 g/mol. The number of piperazine rings is 1. The zero-order chi connectivity index (χ0) is 20.6. The van der Waals surface area contributed by atoms with E-state index in [1.54, 1.807) is 17.9 Å². The molecule has 1 fully saturated rings. The van der Waals surface area contributed by atoms with E-state index < -0.39 is 0 Å². The molecule has 0 saturated carbocycles. The van der Waals surface area contributed by atoms with Gasteiger partial charge in [-0.05, 0) is 48.9 Å². The standard InChI is InChI=1S/C22H24ClN3O3/c1-2-29-21(27)11-8-17-6-9-19(10-7-17)24-22(28)26-14-12-25(13-15-26)20-5-3-4-18(23)16-20/h3-11,16H,2,12-15H2,1H3,(H,24,28). The molecule has 0 aromatic heterocycles. The van der Waals surface area contributed by atoms with Crippen LogP contribution in [0, 0.1) is 0 Å². The molecule has 1 aliphatic heterocycles. The number of benzene rings is 2. The molecule has 7 heteroatoms. The highest BCUT2D eigenvalue weighted by Crippen LogP contribution is 2.21. The molecule has 6 nitrogen and oxygen atoms in total. The van der Waals surface area contributed by atoms with Crippen molar-refractivity contribution in [3.8, 4) is 0 Å². The Bertz CT molecular complexity index is 875. The summed E-state index contributed by atoms with van der Waals surface area (Å²) in [5.74, 6) is -0.373. The summed E-state index contributed by atoms with van der Waals surface area (Å²) in [7, 11) is 0. The van der Waals surface area contributed by atoms with E-state index in [9.17, 15) is 9.59 Å². The van der Waals surface area contributed by atoms with Gasteiger partial charge in [0.25, 0.3) is 0 Å². The van der Waals surface area contributed by atoms with Crippen LogP contribution >= 0.6 is 11.6 Å². The van der Waals surface area contributed by atoms with Crippen LogP contribution < -0.4 is 10.2 Å². The Labute approximate surface area is 175 Å². The number of rotatable bonds is 5. The molecule has 1 N–H and O–H groups in total. The van der Waals surface area contributed by atoms with Gasteiger partial charge in [0, 0.05) is 48.7 Å². The van der Waals surface area contributed by atoms with Crippen LogP contribution in [0.2, 0.25) is 5.02 Å². The fraction of sp³-hybridized carbons (Fsp3) is 0.273. The highest BCUT2D eigenvalue weighted by atomic mass is 35.5. The Morgan fingerprint density at radius 3 is 2.48 bits per heavy atom. The van der Waals surface area contributed by atoms with Crippen molar-refractivity contribution in [2.24, 2.45) is 0 Å². The molecule has 1 heterocycles. The third-order valence-electron chi connectivity index (χ3n) is 4.60. The Balaban J connectivity index is 1.50. The van der Waals surface area contributed by atoms with Crippen molar-refractivity contribution in [3.05, 3.63) is 65.2 Å². The molecule has 2 aromatic rings. The number of urea groups is 1. The van der Waals surface area contributed by atoms with Gasteiger partial charge in [0.05, 0.1) is 6.61 Å². The van der Waals surface area contributed by atoms with Crippen molar-refractivity contribution in [1.29, 1.82) is 0 Å².